The Bertz CT molecular complexity index is 479. The molecule has 1 aromatic rings. The van der Waals surface area contributed by atoms with E-state index < -0.39 is 4.92 Å². The van der Waals surface area contributed by atoms with Gasteiger partial charge >= 0.3 is 0 Å². The molecule has 0 aromatic heterocycles. The number of hydrogen-bond donors (Lipinski definition) is 3. The van der Waals surface area contributed by atoms with Crippen molar-refractivity contribution in [1.29, 1.82) is 0 Å². The summed E-state index contributed by atoms with van der Waals surface area (Å²) >= 11 is 0. The molecule has 1 aromatic carbocycles. The summed E-state index contributed by atoms with van der Waals surface area (Å²) in [5.41, 5.74) is 3.82. The molecule has 1 aliphatic rings. The third-order valence-electron chi connectivity index (χ3n) is 3.70. The SMILES string of the molecule is NNc1cc(N2CCCC(CCO)C2)cc([N+](=O)[O-])c1. The van der Waals surface area contributed by atoms with Gasteiger partial charge in [0.25, 0.3) is 5.69 Å². The van der Waals surface area contributed by atoms with Crippen molar-refractivity contribution in [2.24, 2.45) is 11.8 Å². The van der Waals surface area contributed by atoms with E-state index in [4.69, 9.17) is 10.9 Å². The van der Waals surface area contributed by atoms with Gasteiger partial charge in [-0.25, -0.2) is 0 Å². The van der Waals surface area contributed by atoms with Crippen molar-refractivity contribution in [2.75, 3.05) is 30.0 Å². The van der Waals surface area contributed by atoms with E-state index in [9.17, 15) is 10.1 Å². The maximum Gasteiger partial charge on any atom is 0.273 e. The third-order valence-corrected chi connectivity index (χ3v) is 3.70. The molecule has 2 rings (SSSR count). The lowest BCUT2D eigenvalue weighted by molar-refractivity contribution is -0.384. The minimum absolute atomic E-state index is 0.0275. The summed E-state index contributed by atoms with van der Waals surface area (Å²) < 4.78 is 0. The predicted molar refractivity (Wildman–Crippen MR) is 77.5 cm³/mol. The third kappa shape index (κ3) is 3.37. The van der Waals surface area contributed by atoms with Crippen LogP contribution >= 0.6 is 0 Å². The molecular formula is C13H20N4O3. The number of nitro groups is 1. The van der Waals surface area contributed by atoms with Crippen LogP contribution in [0.2, 0.25) is 0 Å². The van der Waals surface area contributed by atoms with Crippen molar-refractivity contribution in [2.45, 2.75) is 19.3 Å². The molecule has 7 nitrogen and oxygen atoms in total. The van der Waals surface area contributed by atoms with Gasteiger partial charge in [-0.3, -0.25) is 16.0 Å². The number of benzene rings is 1. The van der Waals surface area contributed by atoms with Crippen molar-refractivity contribution in [3.63, 3.8) is 0 Å². The number of aliphatic hydroxyl groups excluding tert-OH is 1. The highest BCUT2D eigenvalue weighted by molar-refractivity contribution is 5.64. The van der Waals surface area contributed by atoms with Gasteiger partial charge in [-0.2, -0.15) is 0 Å². The highest BCUT2D eigenvalue weighted by Crippen LogP contribution is 2.30. The fourth-order valence-electron chi connectivity index (χ4n) is 2.68. The molecule has 4 N–H and O–H groups in total. The van der Waals surface area contributed by atoms with Gasteiger partial charge in [0.05, 0.1) is 10.6 Å². The van der Waals surface area contributed by atoms with Crippen molar-refractivity contribution in [3.05, 3.63) is 28.3 Å². The minimum Gasteiger partial charge on any atom is -0.396 e. The molecule has 0 amide bonds. The Labute approximate surface area is 117 Å². The van der Waals surface area contributed by atoms with E-state index in [1.807, 2.05) is 6.07 Å². The van der Waals surface area contributed by atoms with Gasteiger partial charge in [-0.05, 0) is 31.2 Å². The van der Waals surface area contributed by atoms with E-state index in [-0.39, 0.29) is 12.3 Å². The molecule has 1 fully saturated rings. The van der Waals surface area contributed by atoms with Crippen LogP contribution in [0.3, 0.4) is 0 Å². The van der Waals surface area contributed by atoms with Crippen molar-refractivity contribution >= 4 is 17.1 Å². The molecular weight excluding hydrogens is 260 g/mol. The Morgan fingerprint density at radius 2 is 2.30 bits per heavy atom. The lowest BCUT2D eigenvalue weighted by Gasteiger charge is -2.34. The van der Waals surface area contributed by atoms with Crippen LogP contribution in [-0.2, 0) is 0 Å². The van der Waals surface area contributed by atoms with E-state index >= 15 is 0 Å². The molecule has 0 aliphatic carbocycles. The predicted octanol–water partition coefficient (Wildman–Crippen LogP) is 1.48. The maximum atomic E-state index is 11.0. The standard InChI is InChI=1S/C13H20N4O3/c14-15-11-6-12(8-13(7-11)17(19)20)16-4-1-2-10(9-16)3-5-18/h6-8,10,15,18H,1-5,9,14H2. The lowest BCUT2D eigenvalue weighted by Crippen LogP contribution is -2.35. The number of hydrazine groups is 1. The molecule has 7 heteroatoms. The Morgan fingerprint density at radius 1 is 1.50 bits per heavy atom. The summed E-state index contributed by atoms with van der Waals surface area (Å²) in [6.07, 6.45) is 2.89. The second kappa shape index (κ2) is 6.53. The topological polar surface area (TPSA) is 105 Å². The summed E-state index contributed by atoms with van der Waals surface area (Å²) in [4.78, 5) is 12.7. The number of aliphatic hydroxyl groups is 1. The first-order chi connectivity index (χ1) is 9.63. The van der Waals surface area contributed by atoms with Crippen LogP contribution in [0.4, 0.5) is 17.1 Å². The highest BCUT2D eigenvalue weighted by atomic mass is 16.6. The van der Waals surface area contributed by atoms with Crippen molar-refractivity contribution in [1.82, 2.24) is 0 Å². The number of piperidine rings is 1. The van der Waals surface area contributed by atoms with Crippen LogP contribution in [0, 0.1) is 16.0 Å². The Morgan fingerprint density at radius 3 is 2.95 bits per heavy atom. The Kier molecular flexibility index (Phi) is 4.75. The van der Waals surface area contributed by atoms with Crippen LogP contribution in [-0.4, -0.2) is 29.7 Å². The average molecular weight is 280 g/mol. The zero-order chi connectivity index (χ0) is 14.5. The summed E-state index contributed by atoms with van der Waals surface area (Å²) in [5, 5.41) is 20.0. The lowest BCUT2D eigenvalue weighted by atomic mass is 9.94. The first-order valence-electron chi connectivity index (χ1n) is 6.76. The fourth-order valence-corrected chi connectivity index (χ4v) is 2.68. The van der Waals surface area contributed by atoms with Gasteiger partial charge in [0.1, 0.15) is 0 Å². The molecule has 110 valence electrons. The quantitative estimate of drug-likeness (QED) is 0.428. The van der Waals surface area contributed by atoms with Crippen LogP contribution in [0.25, 0.3) is 0 Å². The number of nitrogens with two attached hydrogens (primary N) is 1. The summed E-state index contributed by atoms with van der Waals surface area (Å²) in [6, 6.07) is 4.80. The van der Waals surface area contributed by atoms with Gasteiger partial charge in [-0.1, -0.05) is 0 Å². The van der Waals surface area contributed by atoms with Gasteiger partial charge in [-0.15, -0.1) is 0 Å². The summed E-state index contributed by atoms with van der Waals surface area (Å²) in [7, 11) is 0. The van der Waals surface area contributed by atoms with Crippen LogP contribution in [0.15, 0.2) is 18.2 Å². The van der Waals surface area contributed by atoms with Crippen LogP contribution < -0.4 is 16.2 Å². The molecule has 1 saturated heterocycles. The smallest absolute Gasteiger partial charge is 0.273 e. The van der Waals surface area contributed by atoms with Gasteiger partial charge < -0.3 is 15.4 Å². The van der Waals surface area contributed by atoms with E-state index in [2.05, 4.69) is 10.3 Å². The molecule has 0 bridgehead atoms. The highest BCUT2D eigenvalue weighted by Gasteiger charge is 2.21. The second-order valence-corrected chi connectivity index (χ2v) is 5.11. The molecule has 1 heterocycles. The minimum atomic E-state index is -0.417. The number of nitrogen functional groups attached to an aromatic ring is 1. The van der Waals surface area contributed by atoms with Gasteiger partial charge in [0, 0.05) is 37.5 Å². The first-order valence-corrected chi connectivity index (χ1v) is 6.76. The number of rotatable bonds is 5. The normalized spacial score (nSPS) is 18.9. The van der Waals surface area contributed by atoms with E-state index in [1.54, 1.807) is 6.07 Å². The van der Waals surface area contributed by atoms with Gasteiger partial charge in [0.15, 0.2) is 0 Å². The first kappa shape index (κ1) is 14.5. The molecule has 1 unspecified atom stereocenters. The Balaban J connectivity index is 2.22. The zero-order valence-corrected chi connectivity index (χ0v) is 11.3. The molecule has 1 aliphatic heterocycles. The number of anilines is 2. The van der Waals surface area contributed by atoms with E-state index in [0.29, 0.717) is 11.6 Å². The maximum absolute atomic E-state index is 11.0. The molecule has 20 heavy (non-hydrogen) atoms. The zero-order valence-electron chi connectivity index (χ0n) is 11.3. The van der Waals surface area contributed by atoms with E-state index in [1.165, 1.54) is 6.07 Å². The summed E-state index contributed by atoms with van der Waals surface area (Å²) in [5.74, 6) is 5.80. The largest absolute Gasteiger partial charge is 0.396 e. The monoisotopic (exact) mass is 280 g/mol. The van der Waals surface area contributed by atoms with Crippen molar-refractivity contribution in [3.8, 4) is 0 Å². The number of hydrogen-bond acceptors (Lipinski definition) is 6. The molecule has 0 spiro atoms. The van der Waals surface area contributed by atoms with Crippen LogP contribution in [0.5, 0.6) is 0 Å². The molecule has 1 atom stereocenters. The number of nitrogens with zero attached hydrogens (tertiary/aromatic N) is 2. The van der Waals surface area contributed by atoms with Crippen LogP contribution in [0.1, 0.15) is 19.3 Å². The van der Waals surface area contributed by atoms with Crippen molar-refractivity contribution < 1.29 is 10.0 Å². The number of nitrogens with one attached hydrogen (secondary N) is 1. The summed E-state index contributed by atoms with van der Waals surface area (Å²) in [6.45, 7) is 1.86. The average Bonchev–Trinajstić information content (AvgIpc) is 2.47. The van der Waals surface area contributed by atoms with Gasteiger partial charge in [0.2, 0.25) is 0 Å². The number of nitro benzene ring substituents is 1. The number of non-ortho nitro benzene ring substituents is 1. The Hall–Kier alpha value is -1.86. The second-order valence-electron chi connectivity index (χ2n) is 5.11. The molecule has 0 saturated carbocycles. The fraction of sp³-hybridized carbons (Fsp3) is 0.538. The van der Waals surface area contributed by atoms with E-state index in [0.717, 1.165) is 38.0 Å². The molecule has 0 radical (unpaired) electrons.